The van der Waals surface area contributed by atoms with Gasteiger partial charge in [-0.2, -0.15) is 0 Å². The largest absolute Gasteiger partial charge is 0.352 e. The van der Waals surface area contributed by atoms with Gasteiger partial charge in [-0.1, -0.05) is 68.3 Å². The maximum absolute atomic E-state index is 14.0. The van der Waals surface area contributed by atoms with E-state index in [9.17, 15) is 22.4 Å². The summed E-state index contributed by atoms with van der Waals surface area (Å²) in [6.45, 7) is 1.59. The van der Waals surface area contributed by atoms with E-state index >= 15 is 0 Å². The van der Waals surface area contributed by atoms with Crippen molar-refractivity contribution in [1.82, 2.24) is 10.2 Å². The molecule has 0 aliphatic heterocycles. The average Bonchev–Trinajstić information content (AvgIpc) is 3.48. The molecule has 1 aliphatic carbocycles. The number of anilines is 1. The average molecular weight is 566 g/mol. The first kappa shape index (κ1) is 29.3. The molecule has 0 heterocycles. The zero-order chi connectivity index (χ0) is 28.5. The highest BCUT2D eigenvalue weighted by Gasteiger charge is 2.34. The minimum absolute atomic E-state index is 0.0901. The molecule has 4 rings (SSSR count). The molecule has 1 aliphatic rings. The Balaban J connectivity index is 1.65. The molecule has 0 spiro atoms. The van der Waals surface area contributed by atoms with Gasteiger partial charge in [0.15, 0.2) is 0 Å². The van der Waals surface area contributed by atoms with Gasteiger partial charge < -0.3 is 10.2 Å². The number of amides is 2. The zero-order valence-electron chi connectivity index (χ0n) is 22.7. The van der Waals surface area contributed by atoms with E-state index in [0.29, 0.717) is 18.5 Å². The molecule has 40 heavy (non-hydrogen) atoms. The van der Waals surface area contributed by atoms with E-state index in [-0.39, 0.29) is 23.4 Å². The summed E-state index contributed by atoms with van der Waals surface area (Å²) in [4.78, 5) is 28.8. The number of nitrogens with zero attached hydrogens (tertiary/aromatic N) is 2. The van der Waals surface area contributed by atoms with E-state index in [1.165, 1.54) is 17.0 Å². The van der Waals surface area contributed by atoms with Crippen LogP contribution in [0.4, 0.5) is 10.1 Å². The molecule has 1 atom stereocenters. The van der Waals surface area contributed by atoms with Crippen LogP contribution in [0.25, 0.3) is 0 Å². The second-order valence-electron chi connectivity index (χ2n) is 10.0. The molecule has 0 bridgehead atoms. The van der Waals surface area contributed by atoms with Crippen LogP contribution >= 0.6 is 0 Å². The van der Waals surface area contributed by atoms with E-state index < -0.39 is 34.3 Å². The lowest BCUT2D eigenvalue weighted by molar-refractivity contribution is -0.139. The van der Waals surface area contributed by atoms with E-state index in [4.69, 9.17) is 0 Å². The molecule has 1 saturated carbocycles. The Hall–Kier alpha value is -3.72. The molecule has 3 aromatic carbocycles. The van der Waals surface area contributed by atoms with Crippen molar-refractivity contribution in [3.63, 3.8) is 0 Å². The molecule has 3 aromatic rings. The third-order valence-corrected chi connectivity index (χ3v) is 9.08. The summed E-state index contributed by atoms with van der Waals surface area (Å²) >= 11 is 0. The van der Waals surface area contributed by atoms with E-state index in [1.54, 1.807) is 30.3 Å². The predicted molar refractivity (Wildman–Crippen MR) is 154 cm³/mol. The smallest absolute Gasteiger partial charge is 0.264 e. The molecular weight excluding hydrogens is 529 g/mol. The van der Waals surface area contributed by atoms with Crippen LogP contribution < -0.4 is 9.62 Å². The minimum Gasteiger partial charge on any atom is -0.352 e. The molecule has 9 heteroatoms. The number of halogens is 1. The van der Waals surface area contributed by atoms with Crippen molar-refractivity contribution in [2.24, 2.45) is 0 Å². The highest BCUT2D eigenvalue weighted by molar-refractivity contribution is 7.92. The molecule has 212 valence electrons. The van der Waals surface area contributed by atoms with Gasteiger partial charge in [0.2, 0.25) is 11.8 Å². The number of hydrogen-bond donors (Lipinski definition) is 1. The Kier molecular flexibility index (Phi) is 9.93. The van der Waals surface area contributed by atoms with Crippen LogP contribution in [0.15, 0.2) is 89.8 Å². The van der Waals surface area contributed by atoms with Gasteiger partial charge in [0.25, 0.3) is 10.0 Å². The van der Waals surface area contributed by atoms with Crippen molar-refractivity contribution in [2.45, 2.75) is 62.4 Å². The molecule has 1 fully saturated rings. The van der Waals surface area contributed by atoms with Crippen LogP contribution in [0.5, 0.6) is 0 Å². The Bertz CT molecular complexity index is 1360. The lowest BCUT2D eigenvalue weighted by atomic mass is 10.1. The third kappa shape index (κ3) is 7.27. The molecular formula is C31H36FN3O4S. The van der Waals surface area contributed by atoms with Gasteiger partial charge in [-0.25, -0.2) is 12.8 Å². The van der Waals surface area contributed by atoms with Crippen molar-refractivity contribution in [2.75, 3.05) is 17.4 Å². The molecule has 0 unspecified atom stereocenters. The van der Waals surface area contributed by atoms with Gasteiger partial charge in [0.1, 0.15) is 18.4 Å². The number of para-hydroxylation sites is 1. The van der Waals surface area contributed by atoms with Crippen molar-refractivity contribution in [1.29, 1.82) is 0 Å². The lowest BCUT2D eigenvalue weighted by Gasteiger charge is -2.33. The number of carbonyl (C=O) groups excluding carboxylic acids is 2. The first-order chi connectivity index (χ1) is 19.3. The SMILES string of the molecule is CC[C@H](C(=O)NC1CCCC1)N(CCc1ccccc1)C(=O)CN(c1ccccc1)S(=O)(=O)c1ccc(F)cc1. The van der Waals surface area contributed by atoms with Crippen LogP contribution in [0.1, 0.15) is 44.6 Å². The standard InChI is InChI=1S/C31H36FN3O4S/c1-2-29(31(37)33-26-13-9-10-14-26)34(22-21-24-11-5-3-6-12-24)30(36)23-35(27-15-7-4-8-16-27)40(38,39)28-19-17-25(32)18-20-28/h3-8,11-12,15-20,26,29H,2,9-10,13-14,21-23H2,1H3,(H,33,37)/t29-/m1/s1. The van der Waals surface area contributed by atoms with E-state index in [0.717, 1.165) is 47.7 Å². The van der Waals surface area contributed by atoms with Crippen molar-refractivity contribution in [3.05, 3.63) is 96.3 Å². The van der Waals surface area contributed by atoms with Gasteiger partial charge in [0, 0.05) is 12.6 Å². The Morgan fingerprint density at radius 1 is 0.925 bits per heavy atom. The second kappa shape index (κ2) is 13.6. The number of sulfonamides is 1. The molecule has 0 saturated heterocycles. The fraction of sp³-hybridized carbons (Fsp3) is 0.355. The Labute approximate surface area is 236 Å². The van der Waals surface area contributed by atoms with E-state index in [1.807, 2.05) is 37.3 Å². The predicted octanol–water partition coefficient (Wildman–Crippen LogP) is 4.93. The summed E-state index contributed by atoms with van der Waals surface area (Å²) < 4.78 is 42.1. The first-order valence-corrected chi connectivity index (χ1v) is 15.2. The van der Waals surface area contributed by atoms with Gasteiger partial charge in [-0.05, 0) is 67.6 Å². The van der Waals surface area contributed by atoms with Crippen LogP contribution in [-0.4, -0.2) is 50.3 Å². The van der Waals surface area contributed by atoms with Crippen LogP contribution in [-0.2, 0) is 26.0 Å². The summed E-state index contributed by atoms with van der Waals surface area (Å²) in [6.07, 6.45) is 4.85. The normalized spacial score (nSPS) is 14.4. The summed E-state index contributed by atoms with van der Waals surface area (Å²) in [5, 5.41) is 3.11. The number of rotatable bonds is 12. The summed E-state index contributed by atoms with van der Waals surface area (Å²) in [5.41, 5.74) is 1.30. The number of nitrogens with one attached hydrogen (secondary N) is 1. The van der Waals surface area contributed by atoms with Crippen molar-refractivity contribution >= 4 is 27.5 Å². The number of carbonyl (C=O) groups is 2. The number of hydrogen-bond acceptors (Lipinski definition) is 4. The first-order valence-electron chi connectivity index (χ1n) is 13.8. The highest BCUT2D eigenvalue weighted by atomic mass is 32.2. The van der Waals surface area contributed by atoms with Crippen LogP contribution in [0.3, 0.4) is 0 Å². The topological polar surface area (TPSA) is 86.8 Å². The molecule has 0 radical (unpaired) electrons. The molecule has 7 nitrogen and oxygen atoms in total. The van der Waals surface area contributed by atoms with E-state index in [2.05, 4.69) is 5.32 Å². The van der Waals surface area contributed by atoms with Gasteiger partial charge >= 0.3 is 0 Å². The Morgan fingerprint density at radius 3 is 2.12 bits per heavy atom. The van der Waals surface area contributed by atoms with Crippen LogP contribution in [0, 0.1) is 5.82 Å². The van der Waals surface area contributed by atoms with Crippen molar-refractivity contribution < 1.29 is 22.4 Å². The van der Waals surface area contributed by atoms with Crippen LogP contribution in [0.2, 0.25) is 0 Å². The summed E-state index contributed by atoms with van der Waals surface area (Å²) in [6, 6.07) is 21.8. The summed E-state index contributed by atoms with van der Waals surface area (Å²) in [5.74, 6) is -1.27. The van der Waals surface area contributed by atoms with Gasteiger partial charge in [-0.15, -0.1) is 0 Å². The van der Waals surface area contributed by atoms with Crippen molar-refractivity contribution in [3.8, 4) is 0 Å². The Morgan fingerprint density at radius 2 is 1.52 bits per heavy atom. The highest BCUT2D eigenvalue weighted by Crippen LogP contribution is 2.25. The molecule has 0 aromatic heterocycles. The minimum atomic E-state index is -4.22. The molecule has 2 amide bonds. The fourth-order valence-corrected chi connectivity index (χ4v) is 6.53. The number of benzene rings is 3. The monoisotopic (exact) mass is 565 g/mol. The third-order valence-electron chi connectivity index (χ3n) is 7.30. The lowest BCUT2D eigenvalue weighted by Crippen LogP contribution is -2.54. The maximum Gasteiger partial charge on any atom is 0.264 e. The zero-order valence-corrected chi connectivity index (χ0v) is 23.5. The van der Waals surface area contributed by atoms with Gasteiger partial charge in [0.05, 0.1) is 10.6 Å². The second-order valence-corrected chi connectivity index (χ2v) is 11.9. The quantitative estimate of drug-likeness (QED) is 0.338. The fourth-order valence-electron chi connectivity index (χ4n) is 5.12. The molecule has 1 N–H and O–H groups in total. The summed E-state index contributed by atoms with van der Waals surface area (Å²) in [7, 11) is -4.22. The van der Waals surface area contributed by atoms with Gasteiger partial charge in [-0.3, -0.25) is 13.9 Å². The maximum atomic E-state index is 14.0.